The van der Waals surface area contributed by atoms with E-state index in [9.17, 15) is 8.42 Å². The molecule has 0 spiro atoms. The summed E-state index contributed by atoms with van der Waals surface area (Å²) in [7, 11) is -3.42. The fraction of sp³-hybridized carbons (Fsp3) is 0.727. The van der Waals surface area contributed by atoms with Crippen molar-refractivity contribution in [1.82, 2.24) is 19.6 Å². The number of aryl methyl sites for hydroxylation is 1. The third kappa shape index (κ3) is 2.94. The summed E-state index contributed by atoms with van der Waals surface area (Å²) in [4.78, 5) is 4.19. The molecule has 2 aliphatic heterocycles. The maximum Gasteiger partial charge on any atom is 0.258 e. The second-order valence-corrected chi connectivity index (χ2v) is 6.57. The minimum atomic E-state index is -3.42. The Labute approximate surface area is 119 Å². The second-order valence-electron chi connectivity index (χ2n) is 4.91. The van der Waals surface area contributed by atoms with Crippen LogP contribution in [0.1, 0.15) is 25.1 Å². The van der Waals surface area contributed by atoms with Crippen LogP contribution in [0.5, 0.6) is 0 Å². The van der Waals surface area contributed by atoms with E-state index in [0.29, 0.717) is 5.03 Å². The lowest BCUT2D eigenvalue weighted by Crippen LogP contribution is -2.43. The second kappa shape index (κ2) is 5.78. The minimum absolute atomic E-state index is 0. The van der Waals surface area contributed by atoms with Crippen LogP contribution >= 0.6 is 12.4 Å². The Morgan fingerprint density at radius 2 is 2.11 bits per heavy atom. The molecule has 0 atom stereocenters. The molecular formula is C11H19ClN4O2S. The summed E-state index contributed by atoms with van der Waals surface area (Å²) < 4.78 is 29.3. The molecule has 3 rings (SSSR count). The first-order valence-electron chi connectivity index (χ1n) is 6.44. The number of hydrogen-bond donors (Lipinski definition) is 2. The molecule has 3 heterocycles. The van der Waals surface area contributed by atoms with Gasteiger partial charge in [0.2, 0.25) is 0 Å². The summed E-state index contributed by atoms with van der Waals surface area (Å²) in [6, 6.07) is 0.0452. The zero-order chi connectivity index (χ0) is 12.6. The smallest absolute Gasteiger partial charge is 0.258 e. The summed E-state index contributed by atoms with van der Waals surface area (Å²) in [6.45, 7) is 2.51. The summed E-state index contributed by atoms with van der Waals surface area (Å²) in [5.41, 5.74) is 0. The van der Waals surface area contributed by atoms with Crippen LogP contribution in [-0.2, 0) is 23.0 Å². The Balaban J connectivity index is 0.00000133. The average Bonchev–Trinajstić information content (AvgIpc) is 2.90. The highest BCUT2D eigenvalue weighted by Crippen LogP contribution is 2.20. The number of nitrogens with zero attached hydrogens (tertiary/aromatic N) is 2. The van der Waals surface area contributed by atoms with Crippen molar-refractivity contribution >= 4 is 22.4 Å². The first-order valence-corrected chi connectivity index (χ1v) is 7.92. The number of rotatable bonds is 3. The standard InChI is InChI=1S/C11H18N4O2S.ClH/c16-18(17,14-9-3-5-12-6-4-9)11-8-13-10-2-1-7-15(10)11;/h8-9,12,14H,1-7H2;1H. The molecule has 108 valence electrons. The van der Waals surface area contributed by atoms with Gasteiger partial charge in [0.25, 0.3) is 10.0 Å². The molecule has 0 unspecified atom stereocenters. The molecule has 19 heavy (non-hydrogen) atoms. The summed E-state index contributed by atoms with van der Waals surface area (Å²) in [5.74, 6) is 0.890. The van der Waals surface area contributed by atoms with Gasteiger partial charge in [-0.1, -0.05) is 0 Å². The molecule has 0 aliphatic carbocycles. The molecule has 0 bridgehead atoms. The van der Waals surface area contributed by atoms with Gasteiger partial charge in [-0.3, -0.25) is 0 Å². The number of imidazole rings is 1. The Hall–Kier alpha value is -0.630. The van der Waals surface area contributed by atoms with E-state index >= 15 is 0 Å². The molecule has 6 nitrogen and oxygen atoms in total. The summed E-state index contributed by atoms with van der Waals surface area (Å²) in [6.07, 6.45) is 5.04. The SMILES string of the molecule is Cl.O=S(=O)(NC1CCNCC1)c1cnc2n1CCC2. The van der Waals surface area contributed by atoms with Crippen molar-refractivity contribution < 1.29 is 8.42 Å². The number of sulfonamides is 1. The molecule has 2 N–H and O–H groups in total. The third-order valence-electron chi connectivity index (χ3n) is 3.62. The quantitative estimate of drug-likeness (QED) is 0.841. The van der Waals surface area contributed by atoms with E-state index in [0.717, 1.165) is 51.1 Å². The van der Waals surface area contributed by atoms with Crippen LogP contribution in [-0.4, -0.2) is 37.1 Å². The fourth-order valence-electron chi connectivity index (χ4n) is 2.66. The van der Waals surface area contributed by atoms with E-state index in [2.05, 4.69) is 15.0 Å². The summed E-state index contributed by atoms with van der Waals surface area (Å²) >= 11 is 0. The van der Waals surface area contributed by atoms with Crippen LogP contribution in [0.15, 0.2) is 11.2 Å². The molecule has 0 amide bonds. The van der Waals surface area contributed by atoms with Crippen molar-refractivity contribution in [2.24, 2.45) is 0 Å². The highest BCUT2D eigenvalue weighted by Gasteiger charge is 2.27. The molecule has 1 aromatic rings. The molecule has 2 aliphatic rings. The van der Waals surface area contributed by atoms with E-state index in [1.165, 1.54) is 6.20 Å². The van der Waals surface area contributed by atoms with E-state index in [4.69, 9.17) is 0 Å². The molecule has 0 radical (unpaired) electrons. The maximum absolute atomic E-state index is 12.3. The average molecular weight is 307 g/mol. The lowest BCUT2D eigenvalue weighted by molar-refractivity contribution is 0.425. The van der Waals surface area contributed by atoms with Crippen LogP contribution in [0.3, 0.4) is 0 Å². The van der Waals surface area contributed by atoms with E-state index in [1.54, 1.807) is 0 Å². The molecule has 1 saturated heterocycles. The molecular weight excluding hydrogens is 288 g/mol. The monoisotopic (exact) mass is 306 g/mol. The van der Waals surface area contributed by atoms with E-state index in [1.807, 2.05) is 4.57 Å². The topological polar surface area (TPSA) is 76.0 Å². The van der Waals surface area contributed by atoms with Crippen LogP contribution in [0.25, 0.3) is 0 Å². The Bertz CT molecular complexity index is 537. The van der Waals surface area contributed by atoms with Crippen LogP contribution in [0, 0.1) is 0 Å². The largest absolute Gasteiger partial charge is 0.318 e. The summed E-state index contributed by atoms with van der Waals surface area (Å²) in [5, 5.41) is 3.55. The minimum Gasteiger partial charge on any atom is -0.318 e. The number of halogens is 1. The zero-order valence-corrected chi connectivity index (χ0v) is 12.3. The number of aromatic nitrogens is 2. The Kier molecular flexibility index (Phi) is 4.50. The van der Waals surface area contributed by atoms with E-state index < -0.39 is 10.0 Å². The van der Waals surface area contributed by atoms with Gasteiger partial charge in [-0.05, 0) is 32.4 Å². The normalized spacial score (nSPS) is 20.0. The number of fused-ring (bicyclic) bond motifs is 1. The van der Waals surface area contributed by atoms with Gasteiger partial charge in [-0.2, -0.15) is 0 Å². The molecule has 8 heteroatoms. The van der Waals surface area contributed by atoms with Gasteiger partial charge in [0.1, 0.15) is 5.82 Å². The fourth-order valence-corrected chi connectivity index (χ4v) is 4.14. The van der Waals surface area contributed by atoms with Gasteiger partial charge in [0, 0.05) is 19.0 Å². The van der Waals surface area contributed by atoms with Crippen molar-refractivity contribution in [3.05, 3.63) is 12.0 Å². The predicted octanol–water partition coefficient (Wildman–Crippen LogP) is 0.281. The van der Waals surface area contributed by atoms with Gasteiger partial charge < -0.3 is 9.88 Å². The third-order valence-corrected chi connectivity index (χ3v) is 5.14. The van der Waals surface area contributed by atoms with Gasteiger partial charge in [0.15, 0.2) is 5.03 Å². The number of nitrogens with one attached hydrogen (secondary N) is 2. The van der Waals surface area contributed by atoms with Crippen molar-refractivity contribution in [1.29, 1.82) is 0 Å². The molecule has 1 aromatic heterocycles. The van der Waals surface area contributed by atoms with Crippen molar-refractivity contribution in [3.8, 4) is 0 Å². The number of piperidine rings is 1. The Morgan fingerprint density at radius 3 is 2.84 bits per heavy atom. The maximum atomic E-state index is 12.3. The Morgan fingerprint density at radius 1 is 1.37 bits per heavy atom. The van der Waals surface area contributed by atoms with Gasteiger partial charge >= 0.3 is 0 Å². The first-order chi connectivity index (χ1) is 8.67. The van der Waals surface area contributed by atoms with Gasteiger partial charge in [0.05, 0.1) is 6.20 Å². The van der Waals surface area contributed by atoms with Crippen LogP contribution in [0.2, 0.25) is 0 Å². The van der Waals surface area contributed by atoms with Crippen molar-refractivity contribution in [2.75, 3.05) is 13.1 Å². The number of hydrogen-bond acceptors (Lipinski definition) is 4. The van der Waals surface area contributed by atoms with E-state index in [-0.39, 0.29) is 18.4 Å². The lowest BCUT2D eigenvalue weighted by atomic mass is 10.1. The first kappa shape index (κ1) is 14.8. The highest BCUT2D eigenvalue weighted by atomic mass is 35.5. The molecule has 0 saturated carbocycles. The van der Waals surface area contributed by atoms with Crippen LogP contribution in [0.4, 0.5) is 0 Å². The zero-order valence-electron chi connectivity index (χ0n) is 10.6. The van der Waals surface area contributed by atoms with Crippen LogP contribution < -0.4 is 10.0 Å². The molecule has 1 fully saturated rings. The lowest BCUT2D eigenvalue weighted by Gasteiger charge is -2.23. The van der Waals surface area contributed by atoms with Gasteiger partial charge in [-0.25, -0.2) is 18.1 Å². The predicted molar refractivity (Wildman–Crippen MR) is 74.0 cm³/mol. The molecule has 0 aromatic carbocycles. The van der Waals surface area contributed by atoms with Gasteiger partial charge in [-0.15, -0.1) is 12.4 Å². The highest BCUT2D eigenvalue weighted by molar-refractivity contribution is 7.89. The van der Waals surface area contributed by atoms with Crippen molar-refractivity contribution in [3.63, 3.8) is 0 Å². The van der Waals surface area contributed by atoms with Crippen molar-refractivity contribution in [2.45, 2.75) is 43.3 Å².